The van der Waals surface area contributed by atoms with Crippen molar-refractivity contribution in [3.05, 3.63) is 74.1 Å². The molecule has 1 aromatic heterocycles. The van der Waals surface area contributed by atoms with Gasteiger partial charge < -0.3 is 24.8 Å². The standard InChI is InChI=1S/C26H24Cl2N2O7S/c1-14-21(26(34)36-3)24(30-20(31)9-6-12-37-19-11-10-15(27)13-17(19)28)38-22(14)23(32)29-18-8-5-4-7-16(18)25(33)35-2/h4-5,7-8,10-11,13H,6,9,12H2,1-3H3,(H,29,32)(H,30,31). The number of anilines is 2. The minimum atomic E-state index is -0.705. The Labute approximate surface area is 233 Å². The van der Waals surface area contributed by atoms with Crippen LogP contribution in [0.2, 0.25) is 10.0 Å². The van der Waals surface area contributed by atoms with Crippen molar-refractivity contribution in [2.75, 3.05) is 31.5 Å². The molecule has 38 heavy (non-hydrogen) atoms. The molecule has 0 saturated carbocycles. The minimum Gasteiger partial charge on any atom is -0.492 e. The highest BCUT2D eigenvalue weighted by Crippen LogP contribution is 2.35. The van der Waals surface area contributed by atoms with E-state index in [1.165, 1.54) is 20.3 Å². The lowest BCUT2D eigenvalue weighted by Gasteiger charge is -2.09. The zero-order valence-corrected chi connectivity index (χ0v) is 23.0. The number of methoxy groups -OCH3 is 2. The molecule has 0 bridgehead atoms. The molecular formula is C26H24Cl2N2O7S. The monoisotopic (exact) mass is 578 g/mol. The average molecular weight is 579 g/mol. The first kappa shape index (κ1) is 29.0. The lowest BCUT2D eigenvalue weighted by Crippen LogP contribution is -2.16. The van der Waals surface area contributed by atoms with Crippen LogP contribution in [-0.4, -0.2) is 44.6 Å². The number of thiophene rings is 1. The Hall–Kier alpha value is -3.60. The molecule has 0 radical (unpaired) electrons. The van der Waals surface area contributed by atoms with Crippen LogP contribution in [-0.2, 0) is 14.3 Å². The van der Waals surface area contributed by atoms with E-state index in [2.05, 4.69) is 10.6 Å². The Morgan fingerprint density at radius 1 is 0.947 bits per heavy atom. The third-order valence-corrected chi connectivity index (χ3v) is 7.01. The number of benzene rings is 2. The maximum Gasteiger partial charge on any atom is 0.341 e. The quantitative estimate of drug-likeness (QED) is 0.224. The van der Waals surface area contributed by atoms with E-state index in [0.717, 1.165) is 11.3 Å². The van der Waals surface area contributed by atoms with Gasteiger partial charge in [0.05, 0.1) is 47.5 Å². The first-order valence-corrected chi connectivity index (χ1v) is 12.8. The first-order chi connectivity index (χ1) is 18.2. The van der Waals surface area contributed by atoms with Crippen molar-refractivity contribution in [3.63, 3.8) is 0 Å². The number of hydrogen-bond acceptors (Lipinski definition) is 8. The Morgan fingerprint density at radius 3 is 2.34 bits per heavy atom. The molecule has 0 aliphatic rings. The Bertz CT molecular complexity index is 1370. The van der Waals surface area contributed by atoms with E-state index in [1.54, 1.807) is 43.3 Å². The summed E-state index contributed by atoms with van der Waals surface area (Å²) in [4.78, 5) is 50.4. The van der Waals surface area contributed by atoms with E-state index in [9.17, 15) is 19.2 Å². The molecule has 0 aliphatic carbocycles. The smallest absolute Gasteiger partial charge is 0.341 e. The molecule has 12 heteroatoms. The van der Waals surface area contributed by atoms with Gasteiger partial charge in [0.25, 0.3) is 5.91 Å². The first-order valence-electron chi connectivity index (χ1n) is 11.2. The molecule has 0 unspecified atom stereocenters. The maximum absolute atomic E-state index is 13.1. The summed E-state index contributed by atoms with van der Waals surface area (Å²) in [5, 5.41) is 6.37. The van der Waals surface area contributed by atoms with Gasteiger partial charge in [0.1, 0.15) is 10.8 Å². The normalized spacial score (nSPS) is 10.4. The number of nitrogens with one attached hydrogen (secondary N) is 2. The molecule has 200 valence electrons. The summed E-state index contributed by atoms with van der Waals surface area (Å²) >= 11 is 12.9. The third-order valence-electron chi connectivity index (χ3n) is 5.28. The summed E-state index contributed by atoms with van der Waals surface area (Å²) in [6, 6.07) is 11.2. The van der Waals surface area contributed by atoms with Crippen molar-refractivity contribution in [2.24, 2.45) is 0 Å². The van der Waals surface area contributed by atoms with Gasteiger partial charge in [-0.05, 0) is 49.2 Å². The van der Waals surface area contributed by atoms with Crippen LogP contribution in [0, 0.1) is 6.92 Å². The molecule has 2 N–H and O–H groups in total. The Kier molecular flexibility index (Phi) is 10.1. The van der Waals surface area contributed by atoms with Crippen LogP contribution in [0.1, 0.15) is 48.8 Å². The van der Waals surface area contributed by atoms with Crippen molar-refractivity contribution < 1.29 is 33.4 Å². The lowest BCUT2D eigenvalue weighted by molar-refractivity contribution is -0.116. The predicted octanol–water partition coefficient (Wildman–Crippen LogP) is 5.99. The number of rotatable bonds is 10. The molecule has 9 nitrogen and oxygen atoms in total. The molecule has 0 atom stereocenters. The summed E-state index contributed by atoms with van der Waals surface area (Å²) in [7, 11) is 2.44. The number of carbonyl (C=O) groups excluding carboxylic acids is 4. The molecule has 2 aromatic carbocycles. The molecule has 0 saturated heterocycles. The summed E-state index contributed by atoms with van der Waals surface area (Å²) in [5.41, 5.74) is 0.803. The molecule has 3 rings (SSSR count). The van der Waals surface area contributed by atoms with E-state index < -0.39 is 17.8 Å². The van der Waals surface area contributed by atoms with Gasteiger partial charge in [-0.3, -0.25) is 9.59 Å². The number of hydrogen-bond donors (Lipinski definition) is 2. The number of amides is 2. The van der Waals surface area contributed by atoms with Crippen LogP contribution in [0.5, 0.6) is 5.75 Å². The molecule has 0 aliphatic heterocycles. The van der Waals surface area contributed by atoms with Crippen molar-refractivity contribution >= 4 is 69.0 Å². The highest BCUT2D eigenvalue weighted by molar-refractivity contribution is 7.19. The second-order valence-electron chi connectivity index (χ2n) is 7.82. The number of para-hydroxylation sites is 1. The zero-order chi connectivity index (χ0) is 27.8. The average Bonchev–Trinajstić information content (AvgIpc) is 3.22. The number of carbonyl (C=O) groups is 4. The van der Waals surface area contributed by atoms with E-state index in [4.69, 9.17) is 37.4 Å². The van der Waals surface area contributed by atoms with Crippen molar-refractivity contribution in [1.82, 2.24) is 0 Å². The van der Waals surface area contributed by atoms with Gasteiger partial charge in [0.2, 0.25) is 5.91 Å². The SMILES string of the molecule is COC(=O)c1ccccc1NC(=O)c1sc(NC(=O)CCCOc2ccc(Cl)cc2Cl)c(C(=O)OC)c1C. The fraction of sp³-hybridized carbons (Fsp3) is 0.231. The van der Waals surface area contributed by atoms with Crippen LogP contribution >= 0.6 is 34.5 Å². The molecule has 1 heterocycles. The molecule has 0 fully saturated rings. The van der Waals surface area contributed by atoms with Crippen molar-refractivity contribution in [3.8, 4) is 5.75 Å². The lowest BCUT2D eigenvalue weighted by atomic mass is 10.1. The van der Waals surface area contributed by atoms with E-state index in [0.29, 0.717) is 27.8 Å². The van der Waals surface area contributed by atoms with Gasteiger partial charge in [0, 0.05) is 11.4 Å². The maximum atomic E-state index is 13.1. The second kappa shape index (κ2) is 13.3. The largest absolute Gasteiger partial charge is 0.492 e. The molecule has 2 amide bonds. The van der Waals surface area contributed by atoms with Gasteiger partial charge in [-0.25, -0.2) is 9.59 Å². The third kappa shape index (κ3) is 7.03. The second-order valence-corrected chi connectivity index (χ2v) is 9.68. The van der Waals surface area contributed by atoms with Gasteiger partial charge in [-0.15, -0.1) is 11.3 Å². The fourth-order valence-electron chi connectivity index (χ4n) is 3.42. The minimum absolute atomic E-state index is 0.0708. The molecule has 0 spiro atoms. The molecule has 3 aromatic rings. The molecular weight excluding hydrogens is 555 g/mol. The van der Waals surface area contributed by atoms with Gasteiger partial charge in [0.15, 0.2) is 0 Å². The van der Waals surface area contributed by atoms with Gasteiger partial charge in [-0.1, -0.05) is 35.3 Å². The van der Waals surface area contributed by atoms with E-state index >= 15 is 0 Å². The zero-order valence-electron chi connectivity index (χ0n) is 20.7. The summed E-state index contributed by atoms with van der Waals surface area (Å²) in [6.07, 6.45) is 0.442. The highest BCUT2D eigenvalue weighted by atomic mass is 35.5. The van der Waals surface area contributed by atoms with Gasteiger partial charge >= 0.3 is 11.9 Å². The van der Waals surface area contributed by atoms with Crippen molar-refractivity contribution in [2.45, 2.75) is 19.8 Å². The van der Waals surface area contributed by atoms with Crippen molar-refractivity contribution in [1.29, 1.82) is 0 Å². The summed E-state index contributed by atoms with van der Waals surface area (Å²) in [5.74, 6) is -1.83. The summed E-state index contributed by atoms with van der Waals surface area (Å²) < 4.78 is 15.2. The highest BCUT2D eigenvalue weighted by Gasteiger charge is 2.27. The number of halogens is 2. The van der Waals surface area contributed by atoms with E-state index in [1.807, 2.05) is 0 Å². The number of esters is 2. The number of ether oxygens (including phenoxy) is 3. The van der Waals surface area contributed by atoms with Gasteiger partial charge in [-0.2, -0.15) is 0 Å². The van der Waals surface area contributed by atoms with Crippen LogP contribution < -0.4 is 15.4 Å². The fourth-order valence-corrected chi connectivity index (χ4v) is 4.99. The predicted molar refractivity (Wildman–Crippen MR) is 146 cm³/mol. The van der Waals surface area contributed by atoms with Crippen LogP contribution in [0.3, 0.4) is 0 Å². The Morgan fingerprint density at radius 2 is 1.66 bits per heavy atom. The topological polar surface area (TPSA) is 120 Å². The van der Waals surface area contributed by atoms with Crippen LogP contribution in [0.15, 0.2) is 42.5 Å². The Balaban J connectivity index is 1.71. The van der Waals surface area contributed by atoms with Crippen LogP contribution in [0.4, 0.5) is 10.7 Å². The van der Waals surface area contributed by atoms with Crippen LogP contribution in [0.25, 0.3) is 0 Å². The van der Waals surface area contributed by atoms with E-state index in [-0.39, 0.29) is 45.6 Å². The summed E-state index contributed by atoms with van der Waals surface area (Å²) in [6.45, 7) is 1.79.